The molecule has 3 aromatic heterocycles. The van der Waals surface area contributed by atoms with Crippen LogP contribution in [0, 0.1) is 5.92 Å². The van der Waals surface area contributed by atoms with E-state index in [9.17, 15) is 31.1 Å². The van der Waals surface area contributed by atoms with Gasteiger partial charge in [-0.2, -0.15) is 26.3 Å². The van der Waals surface area contributed by atoms with Gasteiger partial charge >= 0.3 is 18.0 Å². The van der Waals surface area contributed by atoms with Crippen LogP contribution < -0.4 is 5.69 Å². The number of piperazine rings is 1. The monoisotopic (exact) mass is 669 g/mol. The molecule has 2 saturated heterocycles. The first-order valence-corrected chi connectivity index (χ1v) is 15.1. The van der Waals surface area contributed by atoms with Crippen LogP contribution in [0.4, 0.5) is 30.7 Å². The lowest BCUT2D eigenvalue weighted by molar-refractivity contribution is -0.153. The fourth-order valence-corrected chi connectivity index (χ4v) is 6.63. The molecule has 2 atom stereocenters. The van der Waals surface area contributed by atoms with Crippen molar-refractivity contribution in [2.75, 3.05) is 39.4 Å². The van der Waals surface area contributed by atoms with E-state index in [-0.39, 0.29) is 73.9 Å². The number of rotatable bonds is 8. The number of fused-ring (bicyclic) bond motifs is 1. The van der Waals surface area contributed by atoms with Crippen molar-refractivity contribution in [3.8, 4) is 5.69 Å². The zero-order valence-corrected chi connectivity index (χ0v) is 25.9. The molecular formula is C31H34F7N7O2. The summed E-state index contributed by atoms with van der Waals surface area (Å²) in [6.45, 7) is 3.16. The molecule has 1 aromatic carbocycles. The van der Waals surface area contributed by atoms with E-state index >= 15 is 4.39 Å². The Bertz CT molecular complexity index is 1810. The van der Waals surface area contributed by atoms with Crippen molar-refractivity contribution in [1.29, 1.82) is 0 Å². The minimum Gasteiger partial charge on any atom is -0.379 e. The number of aryl methyl sites for hydroxylation is 1. The molecule has 2 aliphatic heterocycles. The zero-order valence-electron chi connectivity index (χ0n) is 25.9. The highest BCUT2D eigenvalue weighted by Gasteiger charge is 2.50. The number of ether oxygens (including phenoxy) is 1. The van der Waals surface area contributed by atoms with E-state index < -0.39 is 41.7 Å². The highest BCUT2D eigenvalue weighted by Crippen LogP contribution is 2.45. The molecule has 6 rings (SSSR count). The molecule has 0 spiro atoms. The van der Waals surface area contributed by atoms with Gasteiger partial charge in [0.25, 0.3) is 0 Å². The van der Waals surface area contributed by atoms with Gasteiger partial charge in [0.1, 0.15) is 6.33 Å². The van der Waals surface area contributed by atoms with Gasteiger partial charge in [0.15, 0.2) is 12.0 Å². The Kier molecular flexibility index (Phi) is 8.49. The smallest absolute Gasteiger partial charge is 0.379 e. The van der Waals surface area contributed by atoms with Gasteiger partial charge in [-0.25, -0.2) is 9.18 Å². The normalized spacial score (nSPS) is 20.2. The van der Waals surface area contributed by atoms with Crippen LogP contribution in [0.5, 0.6) is 0 Å². The standard InChI is InChI=1S/C31H34F7N7O2/c1-19(2)24-13-42(15-30(33,34)35)7-8-43(24)11-20-9-23(31(36,37)38)25-14-44(28(46)45(25)12-20)22-6-4-5-21(10-22)29(16-47-17-29)26(32)27-40-39-18-41(27)3/h4-6,9-10,12,14,18-19,24,26H,7-8,11,13,15-17H2,1-3H3/t24-,26-/m1/s1. The number of benzene rings is 1. The number of hydrogen-bond acceptors (Lipinski definition) is 6. The third-order valence-corrected chi connectivity index (χ3v) is 9.18. The second-order valence-corrected chi connectivity index (χ2v) is 12.8. The molecule has 16 heteroatoms. The molecule has 9 nitrogen and oxygen atoms in total. The van der Waals surface area contributed by atoms with Gasteiger partial charge in [-0.15, -0.1) is 10.2 Å². The Balaban J connectivity index is 1.36. The molecule has 0 aliphatic carbocycles. The average Bonchev–Trinajstić information content (AvgIpc) is 3.54. The lowest BCUT2D eigenvalue weighted by atomic mass is 9.74. The fraction of sp³-hybridized carbons (Fsp3) is 0.516. The molecule has 0 N–H and O–H groups in total. The Morgan fingerprint density at radius 1 is 1.06 bits per heavy atom. The number of imidazole rings is 1. The van der Waals surface area contributed by atoms with Gasteiger partial charge in [0, 0.05) is 51.7 Å². The average molecular weight is 670 g/mol. The van der Waals surface area contributed by atoms with Crippen molar-refractivity contribution in [3.63, 3.8) is 0 Å². The van der Waals surface area contributed by atoms with Crippen molar-refractivity contribution in [1.82, 2.24) is 33.5 Å². The molecule has 2 aliphatic rings. The number of alkyl halides is 7. The first-order valence-electron chi connectivity index (χ1n) is 15.1. The van der Waals surface area contributed by atoms with Gasteiger partial charge in [0.05, 0.1) is 41.9 Å². The third-order valence-electron chi connectivity index (χ3n) is 9.18. The summed E-state index contributed by atoms with van der Waals surface area (Å²) >= 11 is 0. The number of hydrogen-bond donors (Lipinski definition) is 0. The molecule has 4 aromatic rings. The zero-order chi connectivity index (χ0) is 33.9. The Hall–Kier alpha value is -3.76. The SMILES string of the molecule is CC(C)[C@H]1CN(CC(F)(F)F)CCN1Cc1cc(C(F)(F)F)c2cn(-c3cccc(C4([C@H](F)c5nncn5C)COC4)c3)c(=O)n2c1. The molecular weight excluding hydrogens is 635 g/mol. The largest absolute Gasteiger partial charge is 0.418 e. The first-order chi connectivity index (χ1) is 22.1. The van der Waals surface area contributed by atoms with Crippen LogP contribution in [0.2, 0.25) is 0 Å². The summed E-state index contributed by atoms with van der Waals surface area (Å²) < 4.78 is 107. The van der Waals surface area contributed by atoms with Crippen molar-refractivity contribution < 1.29 is 35.5 Å². The quantitative estimate of drug-likeness (QED) is 0.248. The minimum absolute atomic E-state index is 0.0112. The maximum atomic E-state index is 15.9. The topological polar surface area (TPSA) is 72.8 Å². The summed E-state index contributed by atoms with van der Waals surface area (Å²) in [7, 11) is 1.61. The molecule has 5 heterocycles. The van der Waals surface area contributed by atoms with E-state index in [1.807, 2.05) is 18.7 Å². The Morgan fingerprint density at radius 2 is 1.81 bits per heavy atom. The lowest BCUT2D eigenvalue weighted by Crippen LogP contribution is -2.56. The van der Waals surface area contributed by atoms with Gasteiger partial charge in [-0.1, -0.05) is 26.0 Å². The number of pyridine rings is 1. The number of nitrogens with zero attached hydrogens (tertiary/aromatic N) is 7. The Labute approximate surface area is 265 Å². The summed E-state index contributed by atoms with van der Waals surface area (Å²) in [5.41, 5.74) is -2.36. The summed E-state index contributed by atoms with van der Waals surface area (Å²) in [5, 5.41) is 7.65. The van der Waals surface area contributed by atoms with Crippen molar-refractivity contribution in [2.24, 2.45) is 13.0 Å². The van der Waals surface area contributed by atoms with Crippen LogP contribution >= 0.6 is 0 Å². The lowest BCUT2D eigenvalue weighted by Gasteiger charge is -2.43. The molecule has 0 amide bonds. The summed E-state index contributed by atoms with van der Waals surface area (Å²) in [6.07, 6.45) is -6.94. The molecule has 0 saturated carbocycles. The van der Waals surface area contributed by atoms with Crippen LogP contribution in [-0.2, 0) is 29.9 Å². The van der Waals surface area contributed by atoms with E-state index in [4.69, 9.17) is 4.74 Å². The van der Waals surface area contributed by atoms with Crippen LogP contribution in [0.1, 0.15) is 42.5 Å². The van der Waals surface area contributed by atoms with Crippen molar-refractivity contribution in [3.05, 3.63) is 82.1 Å². The van der Waals surface area contributed by atoms with Gasteiger partial charge in [-0.3, -0.25) is 18.8 Å². The van der Waals surface area contributed by atoms with Crippen molar-refractivity contribution >= 4 is 5.52 Å². The predicted molar refractivity (Wildman–Crippen MR) is 157 cm³/mol. The number of aromatic nitrogens is 5. The third kappa shape index (κ3) is 6.29. The minimum atomic E-state index is -4.81. The summed E-state index contributed by atoms with van der Waals surface area (Å²) in [6, 6.07) is 7.04. The van der Waals surface area contributed by atoms with Gasteiger partial charge < -0.3 is 9.30 Å². The van der Waals surface area contributed by atoms with Crippen molar-refractivity contribution in [2.45, 2.75) is 50.4 Å². The molecule has 47 heavy (non-hydrogen) atoms. The summed E-state index contributed by atoms with van der Waals surface area (Å²) in [5.74, 6) is 0.0178. The maximum absolute atomic E-state index is 15.9. The van der Waals surface area contributed by atoms with Crippen LogP contribution in [0.15, 0.2) is 53.8 Å². The summed E-state index contributed by atoms with van der Waals surface area (Å²) in [4.78, 5) is 16.9. The van der Waals surface area contributed by atoms with Crippen LogP contribution in [0.25, 0.3) is 11.2 Å². The molecule has 2 fully saturated rings. The van der Waals surface area contributed by atoms with Crippen LogP contribution in [-0.4, -0.2) is 85.1 Å². The van der Waals surface area contributed by atoms with E-state index in [0.29, 0.717) is 5.56 Å². The highest BCUT2D eigenvalue weighted by atomic mass is 19.4. The molecule has 0 unspecified atom stereocenters. The van der Waals surface area contributed by atoms with Gasteiger partial charge in [0.2, 0.25) is 0 Å². The molecule has 0 bridgehead atoms. The van der Waals surface area contributed by atoms with Crippen LogP contribution in [0.3, 0.4) is 0 Å². The second-order valence-electron chi connectivity index (χ2n) is 12.8. The van der Waals surface area contributed by atoms with Gasteiger partial charge in [-0.05, 0) is 35.2 Å². The highest BCUT2D eigenvalue weighted by molar-refractivity contribution is 5.58. The van der Waals surface area contributed by atoms with E-state index in [0.717, 1.165) is 21.2 Å². The van der Waals surface area contributed by atoms with E-state index in [1.165, 1.54) is 22.0 Å². The fourth-order valence-electron chi connectivity index (χ4n) is 6.63. The van der Waals surface area contributed by atoms with E-state index in [2.05, 4.69) is 10.2 Å². The maximum Gasteiger partial charge on any atom is 0.418 e. The Morgan fingerprint density at radius 3 is 2.40 bits per heavy atom. The molecule has 0 radical (unpaired) electrons. The first kappa shape index (κ1) is 33.2. The molecule has 254 valence electrons. The second kappa shape index (κ2) is 12.0. The number of halogens is 7. The van der Waals surface area contributed by atoms with E-state index in [1.54, 1.807) is 31.3 Å². The predicted octanol–water partition coefficient (Wildman–Crippen LogP) is 4.92.